The zero-order valence-corrected chi connectivity index (χ0v) is 23.8. The average Bonchev–Trinajstić information content (AvgIpc) is 3.36. The van der Waals surface area contributed by atoms with E-state index >= 15 is 0 Å². The van der Waals surface area contributed by atoms with Gasteiger partial charge in [0.2, 0.25) is 5.91 Å². The third kappa shape index (κ3) is 7.77. The molecule has 43 heavy (non-hydrogen) atoms. The first kappa shape index (κ1) is 31.7. The molecule has 0 saturated carbocycles. The van der Waals surface area contributed by atoms with Crippen molar-refractivity contribution in [3.05, 3.63) is 106 Å². The van der Waals surface area contributed by atoms with Crippen LogP contribution in [0.2, 0.25) is 0 Å². The van der Waals surface area contributed by atoms with E-state index in [1.54, 1.807) is 18.7 Å². The third-order valence-corrected chi connectivity index (χ3v) is 7.20. The van der Waals surface area contributed by atoms with E-state index in [0.717, 1.165) is 32.5 Å². The molecule has 4 aromatic rings. The van der Waals surface area contributed by atoms with Gasteiger partial charge in [0.1, 0.15) is 6.54 Å². The zero-order chi connectivity index (χ0) is 31.5. The molecule has 0 unspecified atom stereocenters. The van der Waals surface area contributed by atoms with Crippen molar-refractivity contribution in [3.63, 3.8) is 0 Å². The summed E-state index contributed by atoms with van der Waals surface area (Å²) in [6, 6.07) is 15.3. The van der Waals surface area contributed by atoms with E-state index in [0.29, 0.717) is 18.6 Å². The van der Waals surface area contributed by atoms with Crippen LogP contribution in [0.1, 0.15) is 52.0 Å². The normalized spacial score (nSPS) is 12.1. The summed E-state index contributed by atoms with van der Waals surface area (Å²) in [5.74, 6) is -1.60. The van der Waals surface area contributed by atoms with Gasteiger partial charge in [-0.15, -0.1) is 0 Å². The number of carbonyl (C=O) groups is 2. The van der Waals surface area contributed by atoms with Crippen LogP contribution in [-0.2, 0) is 30.1 Å². The Balaban J connectivity index is 1.62. The fourth-order valence-electron chi connectivity index (χ4n) is 4.78. The van der Waals surface area contributed by atoms with Crippen LogP contribution < -0.4 is 0 Å². The van der Waals surface area contributed by atoms with Gasteiger partial charge < -0.3 is 14.8 Å². The van der Waals surface area contributed by atoms with Gasteiger partial charge in [0.25, 0.3) is 5.91 Å². The number of aromatic amines is 1. The molecular weight excluding hydrogens is 572 g/mol. The average molecular weight is 604 g/mol. The maximum Gasteiger partial charge on any atom is 0.416 e. The van der Waals surface area contributed by atoms with Gasteiger partial charge >= 0.3 is 12.4 Å². The summed E-state index contributed by atoms with van der Waals surface area (Å²) in [4.78, 5) is 32.8. The molecule has 0 aliphatic heterocycles. The Morgan fingerprint density at radius 2 is 1.47 bits per heavy atom. The fourth-order valence-corrected chi connectivity index (χ4v) is 4.78. The van der Waals surface area contributed by atoms with E-state index < -0.39 is 53.4 Å². The topological polar surface area (TPSA) is 56.4 Å². The monoisotopic (exact) mass is 603 g/mol. The molecule has 1 aromatic heterocycles. The first-order valence-corrected chi connectivity index (χ1v) is 13.6. The number of aromatic nitrogens is 1. The maximum atomic E-state index is 13.7. The first-order valence-electron chi connectivity index (χ1n) is 13.6. The molecule has 0 fully saturated rings. The number of benzene rings is 3. The predicted molar refractivity (Wildman–Crippen MR) is 151 cm³/mol. The SMILES string of the molecule is Cc1ccc(CN(CCc2c[nH]c3ccccc23)C(=O)CN(C(=O)c2cc(C(F)(F)F)cc(C(F)(F)F)c2)C(C)C)cc1. The highest BCUT2D eigenvalue weighted by atomic mass is 19.4. The number of alkyl halides is 6. The van der Waals surface area contributed by atoms with Crippen molar-refractivity contribution in [2.24, 2.45) is 0 Å². The summed E-state index contributed by atoms with van der Waals surface area (Å²) in [5, 5.41) is 0.995. The Kier molecular flexibility index (Phi) is 9.22. The highest BCUT2D eigenvalue weighted by molar-refractivity contribution is 5.97. The summed E-state index contributed by atoms with van der Waals surface area (Å²) in [7, 11) is 0. The molecule has 1 N–H and O–H groups in total. The van der Waals surface area contributed by atoms with Gasteiger partial charge in [-0.3, -0.25) is 9.59 Å². The second kappa shape index (κ2) is 12.5. The number of aryl methyl sites for hydroxylation is 1. The number of fused-ring (bicyclic) bond motifs is 1. The summed E-state index contributed by atoms with van der Waals surface area (Å²) < 4.78 is 80.7. The first-order chi connectivity index (χ1) is 20.1. The Morgan fingerprint density at radius 1 is 0.860 bits per heavy atom. The lowest BCUT2D eigenvalue weighted by Gasteiger charge is -2.30. The van der Waals surface area contributed by atoms with Gasteiger partial charge in [-0.2, -0.15) is 26.3 Å². The Morgan fingerprint density at radius 3 is 2.05 bits per heavy atom. The molecule has 5 nitrogen and oxygen atoms in total. The van der Waals surface area contributed by atoms with E-state index in [1.807, 2.05) is 61.7 Å². The number of carbonyl (C=O) groups excluding carboxylic acids is 2. The van der Waals surface area contributed by atoms with Crippen LogP contribution in [0.15, 0.2) is 72.9 Å². The molecule has 0 radical (unpaired) electrons. The summed E-state index contributed by atoms with van der Waals surface area (Å²) in [5.41, 5.74) is -0.236. The number of nitrogens with zero attached hydrogens (tertiary/aromatic N) is 2. The molecule has 0 spiro atoms. The summed E-state index contributed by atoms with van der Waals surface area (Å²) in [6.07, 6.45) is -7.89. The van der Waals surface area contributed by atoms with Gasteiger partial charge in [-0.1, -0.05) is 48.0 Å². The van der Waals surface area contributed by atoms with Crippen LogP contribution >= 0.6 is 0 Å². The standard InChI is InChI=1S/C32H31F6N3O2/c1-20(2)41(30(43)24-14-25(31(33,34)35)16-26(15-24)32(36,37)38)19-29(42)40(18-22-10-8-21(3)9-11-22)13-12-23-17-39-28-7-5-4-6-27(23)28/h4-11,14-17,20,39H,12-13,18-19H2,1-3H3. The molecule has 0 atom stereocenters. The lowest BCUT2D eigenvalue weighted by molar-refractivity contribution is -0.143. The van der Waals surface area contributed by atoms with Gasteiger partial charge in [-0.25, -0.2) is 0 Å². The largest absolute Gasteiger partial charge is 0.416 e. The number of hydrogen-bond acceptors (Lipinski definition) is 2. The minimum Gasteiger partial charge on any atom is -0.361 e. The predicted octanol–water partition coefficient (Wildman–Crippen LogP) is 7.64. The minimum absolute atomic E-state index is 0.0321. The van der Waals surface area contributed by atoms with Crippen LogP contribution in [0.4, 0.5) is 26.3 Å². The summed E-state index contributed by atoms with van der Waals surface area (Å²) in [6.45, 7) is 4.93. The number of nitrogens with one attached hydrogen (secondary N) is 1. The number of halogens is 6. The number of amides is 2. The highest BCUT2D eigenvalue weighted by Crippen LogP contribution is 2.36. The highest BCUT2D eigenvalue weighted by Gasteiger charge is 2.38. The molecule has 0 aliphatic rings. The Bertz CT molecular complexity index is 1560. The lowest BCUT2D eigenvalue weighted by atomic mass is 10.0. The Labute approximate surface area is 245 Å². The van der Waals surface area contributed by atoms with E-state index in [2.05, 4.69) is 4.98 Å². The molecule has 3 aromatic carbocycles. The summed E-state index contributed by atoms with van der Waals surface area (Å²) >= 11 is 0. The van der Waals surface area contributed by atoms with Gasteiger partial charge in [0.05, 0.1) is 11.1 Å². The van der Waals surface area contributed by atoms with Crippen molar-refractivity contribution in [2.45, 2.75) is 52.1 Å². The molecule has 2 amide bonds. The third-order valence-electron chi connectivity index (χ3n) is 7.20. The van der Waals surface area contributed by atoms with Crippen LogP contribution in [0.5, 0.6) is 0 Å². The smallest absolute Gasteiger partial charge is 0.361 e. The van der Waals surface area contributed by atoms with Gasteiger partial charge in [0, 0.05) is 41.8 Å². The van der Waals surface area contributed by atoms with Crippen molar-refractivity contribution in [2.75, 3.05) is 13.1 Å². The van der Waals surface area contributed by atoms with Crippen molar-refractivity contribution < 1.29 is 35.9 Å². The van der Waals surface area contributed by atoms with Crippen LogP contribution in [0, 0.1) is 6.92 Å². The number of rotatable bonds is 9. The molecule has 0 saturated heterocycles. The molecule has 0 aliphatic carbocycles. The molecule has 11 heteroatoms. The fraction of sp³-hybridized carbons (Fsp3) is 0.312. The van der Waals surface area contributed by atoms with Crippen molar-refractivity contribution in [1.29, 1.82) is 0 Å². The molecule has 228 valence electrons. The van der Waals surface area contributed by atoms with Crippen molar-refractivity contribution in [1.82, 2.24) is 14.8 Å². The molecular formula is C32H31F6N3O2. The van der Waals surface area contributed by atoms with Crippen molar-refractivity contribution >= 4 is 22.7 Å². The van der Waals surface area contributed by atoms with E-state index in [4.69, 9.17) is 0 Å². The molecule has 0 bridgehead atoms. The minimum atomic E-state index is -5.11. The van der Waals surface area contributed by atoms with Crippen LogP contribution in [0.3, 0.4) is 0 Å². The Hall–Kier alpha value is -4.28. The van der Waals surface area contributed by atoms with Crippen LogP contribution in [0.25, 0.3) is 10.9 Å². The van der Waals surface area contributed by atoms with Gasteiger partial charge in [-0.05, 0) is 62.6 Å². The van der Waals surface area contributed by atoms with E-state index in [-0.39, 0.29) is 19.2 Å². The maximum absolute atomic E-state index is 13.7. The molecule has 1 heterocycles. The number of hydrogen-bond donors (Lipinski definition) is 1. The second-order valence-corrected chi connectivity index (χ2v) is 10.7. The van der Waals surface area contributed by atoms with Crippen molar-refractivity contribution in [3.8, 4) is 0 Å². The van der Waals surface area contributed by atoms with Crippen LogP contribution in [-0.4, -0.2) is 45.7 Å². The van der Waals surface area contributed by atoms with E-state index in [9.17, 15) is 35.9 Å². The van der Waals surface area contributed by atoms with Gasteiger partial charge in [0.15, 0.2) is 0 Å². The second-order valence-electron chi connectivity index (χ2n) is 10.7. The number of H-pyrrole nitrogens is 1. The molecule has 4 rings (SSSR count). The lowest BCUT2D eigenvalue weighted by Crippen LogP contribution is -2.46. The quantitative estimate of drug-likeness (QED) is 0.200. The van der Waals surface area contributed by atoms with E-state index in [1.165, 1.54) is 0 Å². The zero-order valence-electron chi connectivity index (χ0n) is 23.8. The number of para-hydroxylation sites is 1.